The molecule has 0 amide bonds. The Labute approximate surface area is 141 Å². The van der Waals surface area contributed by atoms with E-state index >= 15 is 0 Å². The summed E-state index contributed by atoms with van der Waals surface area (Å²) in [4.78, 5) is 0. The first-order valence-electron chi connectivity index (χ1n) is 6.99. The van der Waals surface area contributed by atoms with Crippen molar-refractivity contribution < 1.29 is 4.74 Å². The minimum Gasteiger partial charge on any atom is -0.496 e. The lowest BCUT2D eigenvalue weighted by Crippen LogP contribution is -2.34. The number of ether oxygens (including phenoxy) is 1. The number of hydrogen-bond donors (Lipinski definition) is 2. The van der Waals surface area contributed by atoms with E-state index in [1.165, 1.54) is 5.56 Å². The van der Waals surface area contributed by atoms with Gasteiger partial charge in [0.25, 0.3) is 0 Å². The van der Waals surface area contributed by atoms with Crippen molar-refractivity contribution in [2.24, 2.45) is 0 Å². The molecule has 5 heteroatoms. The van der Waals surface area contributed by atoms with Gasteiger partial charge in [0.2, 0.25) is 0 Å². The Morgan fingerprint density at radius 3 is 2.45 bits per heavy atom. The third-order valence-electron chi connectivity index (χ3n) is 3.38. The molecule has 0 aliphatic heterocycles. The van der Waals surface area contributed by atoms with Gasteiger partial charge in [-0.2, -0.15) is 0 Å². The highest BCUT2D eigenvalue weighted by molar-refractivity contribution is 7.80. The SMILES string of the molecule is COc1ccccc1CNC(=S)NCc1ccc(Cl)cc1C. The van der Waals surface area contributed by atoms with E-state index in [2.05, 4.69) is 10.6 Å². The Kier molecular flexibility index (Phi) is 6.04. The molecule has 0 saturated carbocycles. The molecule has 0 heterocycles. The van der Waals surface area contributed by atoms with Gasteiger partial charge in [-0.15, -0.1) is 0 Å². The van der Waals surface area contributed by atoms with E-state index in [0.29, 0.717) is 18.2 Å². The van der Waals surface area contributed by atoms with Crippen LogP contribution in [0.1, 0.15) is 16.7 Å². The second kappa shape index (κ2) is 8.01. The number of para-hydroxylation sites is 1. The lowest BCUT2D eigenvalue weighted by molar-refractivity contribution is 0.409. The number of aryl methyl sites for hydroxylation is 1. The van der Waals surface area contributed by atoms with Crippen LogP contribution in [0.4, 0.5) is 0 Å². The first kappa shape index (κ1) is 16.6. The Bertz CT molecular complexity index is 661. The van der Waals surface area contributed by atoms with Gasteiger partial charge in [0.05, 0.1) is 7.11 Å². The molecule has 0 unspecified atom stereocenters. The van der Waals surface area contributed by atoms with Crippen molar-refractivity contribution in [3.05, 3.63) is 64.2 Å². The Hall–Kier alpha value is -1.78. The summed E-state index contributed by atoms with van der Waals surface area (Å²) in [5.74, 6) is 0.853. The highest BCUT2D eigenvalue weighted by atomic mass is 35.5. The molecule has 2 aromatic rings. The van der Waals surface area contributed by atoms with Crippen LogP contribution in [-0.2, 0) is 13.1 Å². The lowest BCUT2D eigenvalue weighted by Gasteiger charge is -2.13. The average molecular weight is 335 g/mol. The number of methoxy groups -OCH3 is 1. The molecule has 2 rings (SSSR count). The molecule has 0 atom stereocenters. The third-order valence-corrected chi connectivity index (χ3v) is 3.90. The highest BCUT2D eigenvalue weighted by Crippen LogP contribution is 2.17. The molecule has 0 aromatic heterocycles. The summed E-state index contributed by atoms with van der Waals surface area (Å²) in [5.41, 5.74) is 3.38. The van der Waals surface area contributed by atoms with Crippen LogP contribution >= 0.6 is 23.8 Å². The standard InChI is InChI=1S/C17H19ClN2OS/c1-12-9-15(18)8-7-13(12)10-19-17(22)20-11-14-5-3-4-6-16(14)21-2/h3-9H,10-11H2,1-2H3,(H2,19,20,22). The van der Waals surface area contributed by atoms with Gasteiger partial charge < -0.3 is 15.4 Å². The molecular formula is C17H19ClN2OS. The maximum Gasteiger partial charge on any atom is 0.166 e. The molecule has 0 spiro atoms. The zero-order valence-corrected chi connectivity index (χ0v) is 14.2. The van der Waals surface area contributed by atoms with E-state index in [-0.39, 0.29) is 0 Å². The molecule has 2 N–H and O–H groups in total. The summed E-state index contributed by atoms with van der Waals surface area (Å²) < 4.78 is 5.32. The van der Waals surface area contributed by atoms with Gasteiger partial charge in [-0.1, -0.05) is 35.9 Å². The normalized spacial score (nSPS) is 10.1. The number of nitrogens with one attached hydrogen (secondary N) is 2. The van der Waals surface area contributed by atoms with Crippen LogP contribution in [0.2, 0.25) is 5.02 Å². The fourth-order valence-corrected chi connectivity index (χ4v) is 2.49. The van der Waals surface area contributed by atoms with Gasteiger partial charge in [0.1, 0.15) is 5.75 Å². The Morgan fingerprint density at radius 2 is 1.77 bits per heavy atom. The fraction of sp³-hybridized carbons (Fsp3) is 0.235. The molecule has 22 heavy (non-hydrogen) atoms. The molecule has 0 bridgehead atoms. The van der Waals surface area contributed by atoms with E-state index < -0.39 is 0 Å². The molecule has 0 aliphatic carbocycles. The van der Waals surface area contributed by atoms with Gasteiger partial charge in [0.15, 0.2) is 5.11 Å². The van der Waals surface area contributed by atoms with E-state index in [0.717, 1.165) is 21.9 Å². The number of hydrogen-bond acceptors (Lipinski definition) is 2. The fourth-order valence-electron chi connectivity index (χ4n) is 2.12. The van der Waals surface area contributed by atoms with Crippen LogP contribution in [-0.4, -0.2) is 12.2 Å². The molecule has 0 aliphatic rings. The summed E-state index contributed by atoms with van der Waals surface area (Å²) >= 11 is 11.3. The zero-order valence-electron chi connectivity index (χ0n) is 12.7. The van der Waals surface area contributed by atoms with Crippen molar-refractivity contribution >= 4 is 28.9 Å². The van der Waals surface area contributed by atoms with Crippen LogP contribution in [0.5, 0.6) is 5.75 Å². The maximum absolute atomic E-state index is 5.96. The average Bonchev–Trinajstić information content (AvgIpc) is 2.52. The highest BCUT2D eigenvalue weighted by Gasteiger charge is 2.04. The van der Waals surface area contributed by atoms with Crippen LogP contribution in [0, 0.1) is 6.92 Å². The van der Waals surface area contributed by atoms with Crippen molar-refractivity contribution in [1.82, 2.24) is 10.6 Å². The quantitative estimate of drug-likeness (QED) is 0.814. The molecule has 2 aromatic carbocycles. The minimum absolute atomic E-state index is 0.611. The summed E-state index contributed by atoms with van der Waals surface area (Å²) in [6.45, 7) is 3.32. The van der Waals surface area contributed by atoms with Gasteiger partial charge in [-0.3, -0.25) is 0 Å². The van der Waals surface area contributed by atoms with Crippen molar-refractivity contribution in [2.45, 2.75) is 20.0 Å². The van der Waals surface area contributed by atoms with Crippen molar-refractivity contribution in [3.8, 4) is 5.75 Å². The summed E-state index contributed by atoms with van der Waals surface area (Å²) in [6.07, 6.45) is 0. The van der Waals surface area contributed by atoms with Gasteiger partial charge in [-0.25, -0.2) is 0 Å². The summed E-state index contributed by atoms with van der Waals surface area (Å²) in [6, 6.07) is 13.7. The molecular weight excluding hydrogens is 316 g/mol. The number of benzene rings is 2. The Balaban J connectivity index is 1.85. The van der Waals surface area contributed by atoms with Crippen LogP contribution < -0.4 is 15.4 Å². The number of halogens is 1. The predicted octanol–water partition coefficient (Wildman–Crippen LogP) is 3.82. The minimum atomic E-state index is 0.611. The van der Waals surface area contributed by atoms with Crippen molar-refractivity contribution in [1.29, 1.82) is 0 Å². The van der Waals surface area contributed by atoms with Crippen LogP contribution in [0.15, 0.2) is 42.5 Å². The van der Waals surface area contributed by atoms with Crippen LogP contribution in [0.3, 0.4) is 0 Å². The van der Waals surface area contributed by atoms with Crippen molar-refractivity contribution in [2.75, 3.05) is 7.11 Å². The van der Waals surface area contributed by atoms with E-state index in [1.807, 2.05) is 49.4 Å². The van der Waals surface area contributed by atoms with E-state index in [1.54, 1.807) is 7.11 Å². The van der Waals surface area contributed by atoms with E-state index in [4.69, 9.17) is 28.6 Å². The number of rotatable bonds is 5. The first-order chi connectivity index (χ1) is 10.6. The summed E-state index contributed by atoms with van der Waals surface area (Å²) in [7, 11) is 1.67. The Morgan fingerprint density at radius 1 is 1.09 bits per heavy atom. The molecule has 3 nitrogen and oxygen atoms in total. The topological polar surface area (TPSA) is 33.3 Å². The smallest absolute Gasteiger partial charge is 0.166 e. The third kappa shape index (κ3) is 4.61. The van der Waals surface area contributed by atoms with E-state index in [9.17, 15) is 0 Å². The second-order valence-corrected chi connectivity index (χ2v) is 5.76. The van der Waals surface area contributed by atoms with Gasteiger partial charge >= 0.3 is 0 Å². The first-order valence-corrected chi connectivity index (χ1v) is 7.77. The number of thiocarbonyl (C=S) groups is 1. The maximum atomic E-state index is 5.96. The van der Waals surface area contributed by atoms with Crippen molar-refractivity contribution in [3.63, 3.8) is 0 Å². The molecule has 0 saturated heterocycles. The van der Waals surface area contributed by atoms with Crippen LogP contribution in [0.25, 0.3) is 0 Å². The summed E-state index contributed by atoms with van der Waals surface area (Å²) in [5, 5.41) is 7.75. The van der Waals surface area contributed by atoms with Gasteiger partial charge in [0, 0.05) is 23.7 Å². The largest absolute Gasteiger partial charge is 0.496 e. The molecule has 0 fully saturated rings. The molecule has 0 radical (unpaired) electrons. The monoisotopic (exact) mass is 334 g/mol. The van der Waals surface area contributed by atoms with Gasteiger partial charge in [-0.05, 0) is 48.5 Å². The second-order valence-electron chi connectivity index (χ2n) is 4.92. The lowest BCUT2D eigenvalue weighted by atomic mass is 10.1. The zero-order chi connectivity index (χ0) is 15.9. The molecule has 116 valence electrons. The predicted molar refractivity (Wildman–Crippen MR) is 95.5 cm³/mol.